The maximum Gasteiger partial charge on any atom is 0.573 e. The highest BCUT2D eigenvalue weighted by Crippen LogP contribution is 2.48. The lowest BCUT2D eigenvalue weighted by Crippen LogP contribution is -2.53. The number of amides is 2. The molecule has 1 heterocycles. The van der Waals surface area contributed by atoms with Crippen LogP contribution in [-0.4, -0.2) is 57.2 Å². The van der Waals surface area contributed by atoms with Crippen LogP contribution in [0.4, 0.5) is 17.6 Å². The van der Waals surface area contributed by atoms with Gasteiger partial charge in [-0.05, 0) is 74.4 Å². The summed E-state index contributed by atoms with van der Waals surface area (Å²) in [6, 6.07) is 3.70. The number of ether oxygens (including phenoxy) is 1. The molecular formula is C27H26F4N2O5. The van der Waals surface area contributed by atoms with Gasteiger partial charge in [0.25, 0.3) is 5.91 Å². The van der Waals surface area contributed by atoms with E-state index in [9.17, 15) is 31.9 Å². The molecule has 11 heteroatoms. The van der Waals surface area contributed by atoms with E-state index in [1.165, 1.54) is 24.3 Å². The van der Waals surface area contributed by atoms with Gasteiger partial charge in [0.05, 0.1) is 24.2 Å². The number of alkyl halides is 3. The second kappa shape index (κ2) is 9.92. The Bertz CT molecular complexity index is 1260. The Hall–Kier alpha value is -3.63. The fourth-order valence-electron chi connectivity index (χ4n) is 5.69. The van der Waals surface area contributed by atoms with Crippen molar-refractivity contribution in [1.82, 2.24) is 9.80 Å². The largest absolute Gasteiger partial charge is 0.573 e. The molecule has 202 valence electrons. The molecule has 1 unspecified atom stereocenters. The molecule has 1 aliphatic heterocycles. The zero-order chi connectivity index (χ0) is 27.2. The molecule has 0 saturated heterocycles. The summed E-state index contributed by atoms with van der Waals surface area (Å²) in [5.41, 5.74) is 1.85. The van der Waals surface area contributed by atoms with Gasteiger partial charge in [-0.15, -0.1) is 13.2 Å². The number of benzene rings is 1. The minimum Gasteiger partial charge on any atom is -0.481 e. The Morgan fingerprint density at radius 3 is 2.55 bits per heavy atom. The van der Waals surface area contributed by atoms with Gasteiger partial charge in [-0.3, -0.25) is 14.4 Å². The van der Waals surface area contributed by atoms with Crippen LogP contribution in [0.5, 0.6) is 5.75 Å². The fraction of sp³-hybridized carbons (Fsp3) is 0.444. The predicted molar refractivity (Wildman–Crippen MR) is 126 cm³/mol. The summed E-state index contributed by atoms with van der Waals surface area (Å²) >= 11 is 0. The summed E-state index contributed by atoms with van der Waals surface area (Å²) in [5.74, 6) is -2.98. The molecule has 1 aromatic rings. The van der Waals surface area contributed by atoms with Crippen molar-refractivity contribution in [3.05, 3.63) is 64.7 Å². The third kappa shape index (κ3) is 5.19. The first-order valence-corrected chi connectivity index (χ1v) is 12.6. The Morgan fingerprint density at radius 1 is 1.11 bits per heavy atom. The van der Waals surface area contributed by atoms with Crippen LogP contribution in [0.2, 0.25) is 0 Å². The molecule has 0 spiro atoms. The van der Waals surface area contributed by atoms with Gasteiger partial charge in [-0.2, -0.15) is 0 Å². The summed E-state index contributed by atoms with van der Waals surface area (Å²) in [5, 5.41) is 9.10. The second-order valence-corrected chi connectivity index (χ2v) is 9.90. The van der Waals surface area contributed by atoms with Gasteiger partial charge >= 0.3 is 12.3 Å². The smallest absolute Gasteiger partial charge is 0.481 e. The van der Waals surface area contributed by atoms with E-state index >= 15 is 0 Å². The first kappa shape index (κ1) is 26.0. The maximum atomic E-state index is 14.6. The van der Waals surface area contributed by atoms with Crippen LogP contribution in [0.1, 0.15) is 61.7 Å². The maximum absolute atomic E-state index is 14.6. The van der Waals surface area contributed by atoms with E-state index < -0.39 is 41.9 Å². The number of carbonyl (C=O) groups excluding carboxylic acids is 2. The highest BCUT2D eigenvalue weighted by Gasteiger charge is 2.48. The molecule has 0 aromatic heterocycles. The normalized spacial score (nSPS) is 22.8. The van der Waals surface area contributed by atoms with Crippen LogP contribution in [-0.2, 0) is 9.59 Å². The van der Waals surface area contributed by atoms with E-state index in [2.05, 4.69) is 4.74 Å². The average Bonchev–Trinajstić information content (AvgIpc) is 3.57. The Kier molecular flexibility index (Phi) is 6.79. The van der Waals surface area contributed by atoms with Crippen molar-refractivity contribution in [3.8, 4) is 5.75 Å². The zero-order valence-corrected chi connectivity index (χ0v) is 20.3. The van der Waals surface area contributed by atoms with Gasteiger partial charge < -0.3 is 19.6 Å². The van der Waals surface area contributed by atoms with E-state index in [1.54, 1.807) is 9.80 Å². The molecule has 0 bridgehead atoms. The number of rotatable bonds is 7. The molecule has 1 aromatic carbocycles. The third-order valence-corrected chi connectivity index (χ3v) is 7.29. The SMILES string of the molecule is O=C(O)CCC(=O)N(C1=C2CCC[C@@H]2N(C(=O)c2cccc(OC(F)(F)F)c2)C2CC=C(F)C=C12)C1CC1. The van der Waals surface area contributed by atoms with Crippen molar-refractivity contribution in [2.75, 3.05) is 0 Å². The van der Waals surface area contributed by atoms with E-state index in [4.69, 9.17) is 5.11 Å². The molecule has 5 rings (SSSR count). The topological polar surface area (TPSA) is 87.2 Å². The van der Waals surface area contributed by atoms with E-state index in [-0.39, 0.29) is 36.8 Å². The first-order valence-electron chi connectivity index (χ1n) is 12.6. The standard InChI is InChI=1S/C27H26F4N2O5/c28-16-7-10-22-20(14-16)25(32(17-8-9-17)23(34)11-12-24(35)36)19-5-2-6-21(19)33(22)26(37)15-3-1-4-18(13-15)38-27(29,30)31/h1,3-4,7,13-14,17,21-22H,2,5-6,8-12H2,(H,35,36)/t21-,22?/m0/s1. The summed E-state index contributed by atoms with van der Waals surface area (Å²) in [4.78, 5) is 41.4. The van der Waals surface area contributed by atoms with Crippen LogP contribution in [0.15, 0.2) is 59.1 Å². The lowest BCUT2D eigenvalue weighted by Gasteiger charge is -2.47. The van der Waals surface area contributed by atoms with Gasteiger partial charge in [0, 0.05) is 23.6 Å². The molecule has 2 saturated carbocycles. The summed E-state index contributed by atoms with van der Waals surface area (Å²) < 4.78 is 57.0. The third-order valence-electron chi connectivity index (χ3n) is 7.29. The highest BCUT2D eigenvalue weighted by atomic mass is 19.4. The number of carbonyl (C=O) groups is 3. The van der Waals surface area contributed by atoms with Crippen LogP contribution < -0.4 is 4.74 Å². The number of halogens is 4. The van der Waals surface area contributed by atoms with Crippen molar-refractivity contribution in [2.24, 2.45) is 0 Å². The zero-order valence-electron chi connectivity index (χ0n) is 20.3. The van der Waals surface area contributed by atoms with Gasteiger partial charge in [0.15, 0.2) is 0 Å². The van der Waals surface area contributed by atoms with Crippen molar-refractivity contribution in [2.45, 2.75) is 75.9 Å². The van der Waals surface area contributed by atoms with Gasteiger partial charge in [0.1, 0.15) is 11.6 Å². The van der Waals surface area contributed by atoms with Gasteiger partial charge in [-0.25, -0.2) is 4.39 Å². The number of hydrogen-bond donors (Lipinski definition) is 1. The molecule has 38 heavy (non-hydrogen) atoms. The fourth-order valence-corrected chi connectivity index (χ4v) is 5.69. The van der Waals surface area contributed by atoms with Crippen molar-refractivity contribution >= 4 is 17.8 Å². The molecule has 2 fully saturated rings. The number of hydrogen-bond acceptors (Lipinski definition) is 4. The average molecular weight is 535 g/mol. The summed E-state index contributed by atoms with van der Waals surface area (Å²) in [7, 11) is 0. The molecule has 1 N–H and O–H groups in total. The number of nitrogens with zero attached hydrogens (tertiary/aromatic N) is 2. The number of carboxylic acids is 1. The number of aliphatic carboxylic acids is 1. The van der Waals surface area contributed by atoms with Crippen LogP contribution in [0.25, 0.3) is 0 Å². The van der Waals surface area contributed by atoms with E-state index in [0.29, 0.717) is 30.5 Å². The molecule has 7 nitrogen and oxygen atoms in total. The molecule has 0 radical (unpaired) electrons. The highest BCUT2D eigenvalue weighted by molar-refractivity contribution is 5.96. The van der Waals surface area contributed by atoms with Crippen molar-refractivity contribution in [1.29, 1.82) is 0 Å². The molecular weight excluding hydrogens is 508 g/mol. The second-order valence-electron chi connectivity index (χ2n) is 9.90. The van der Waals surface area contributed by atoms with Gasteiger partial charge in [0.2, 0.25) is 5.91 Å². The molecule has 3 aliphatic carbocycles. The lowest BCUT2D eigenvalue weighted by atomic mass is 9.83. The van der Waals surface area contributed by atoms with Crippen LogP contribution in [0, 0.1) is 0 Å². The molecule has 4 aliphatic rings. The minimum absolute atomic E-state index is 0.00686. The monoisotopic (exact) mass is 534 g/mol. The van der Waals surface area contributed by atoms with E-state index in [1.807, 2.05) is 0 Å². The number of allylic oxidation sites excluding steroid dienone is 2. The summed E-state index contributed by atoms with van der Waals surface area (Å²) in [6.07, 6.45) is 0.702. The lowest BCUT2D eigenvalue weighted by molar-refractivity contribution is -0.274. The Labute approximate surface area is 216 Å². The number of fused-ring (bicyclic) bond motifs is 2. The van der Waals surface area contributed by atoms with Gasteiger partial charge in [-0.1, -0.05) is 6.07 Å². The minimum atomic E-state index is -4.91. The van der Waals surface area contributed by atoms with E-state index in [0.717, 1.165) is 30.5 Å². The number of carboxylic acid groups (broad SMARTS) is 1. The first-order chi connectivity index (χ1) is 18.0. The molecule has 2 amide bonds. The quantitative estimate of drug-likeness (QED) is 0.483. The van der Waals surface area contributed by atoms with Crippen molar-refractivity contribution < 1.29 is 41.8 Å². The van der Waals surface area contributed by atoms with Crippen LogP contribution in [0.3, 0.4) is 0 Å². The molecule has 2 atom stereocenters. The Morgan fingerprint density at radius 2 is 1.87 bits per heavy atom. The predicted octanol–water partition coefficient (Wildman–Crippen LogP) is 5.26. The van der Waals surface area contributed by atoms with Crippen LogP contribution >= 0.6 is 0 Å². The Balaban J connectivity index is 1.56. The summed E-state index contributed by atoms with van der Waals surface area (Å²) in [6.45, 7) is 0. The van der Waals surface area contributed by atoms with Crippen molar-refractivity contribution in [3.63, 3.8) is 0 Å².